The van der Waals surface area contributed by atoms with E-state index in [1.54, 1.807) is 19.1 Å². The molecule has 0 saturated heterocycles. The maximum Gasteiger partial charge on any atom is 0.338 e. The summed E-state index contributed by atoms with van der Waals surface area (Å²) < 4.78 is 23.5. The predicted octanol–water partition coefficient (Wildman–Crippen LogP) is 1.81. The largest absolute Gasteiger partial charge is 0.460 e. The van der Waals surface area contributed by atoms with Crippen molar-refractivity contribution in [2.45, 2.75) is 13.0 Å². The lowest BCUT2D eigenvalue weighted by atomic mass is 9.95. The number of carbonyl (C=O) groups is 1. The highest BCUT2D eigenvalue weighted by Gasteiger charge is 2.31. The summed E-state index contributed by atoms with van der Waals surface area (Å²) in [6, 6.07) is 5.46. The fourth-order valence-electron chi connectivity index (χ4n) is 2.20. The van der Waals surface area contributed by atoms with E-state index in [9.17, 15) is 9.18 Å². The second kappa shape index (κ2) is 7.33. The standard InChI is InChI=1S/C15H17FN2O3S/c1-9-12(14(19)21-7-6-20-2)13(18-15(22)17-9)10-4-3-5-11(16)8-10/h3-5,8,13H,6-7H2,1-2H3,(H2,17,18,22). The smallest absolute Gasteiger partial charge is 0.338 e. The summed E-state index contributed by atoms with van der Waals surface area (Å²) in [5.41, 5.74) is 1.55. The first-order valence-corrected chi connectivity index (χ1v) is 7.13. The minimum absolute atomic E-state index is 0.145. The third-order valence-corrected chi connectivity index (χ3v) is 3.41. The van der Waals surface area contributed by atoms with Gasteiger partial charge >= 0.3 is 5.97 Å². The molecule has 5 nitrogen and oxygen atoms in total. The molecule has 1 aliphatic rings. The van der Waals surface area contributed by atoms with Gasteiger partial charge in [0.25, 0.3) is 0 Å². The number of methoxy groups -OCH3 is 1. The Labute approximate surface area is 133 Å². The van der Waals surface area contributed by atoms with E-state index in [0.29, 0.717) is 28.6 Å². The Bertz CT molecular complexity index is 619. The molecule has 1 heterocycles. The van der Waals surface area contributed by atoms with Crippen molar-refractivity contribution in [3.8, 4) is 0 Å². The van der Waals surface area contributed by atoms with Crippen molar-refractivity contribution >= 4 is 23.3 Å². The number of rotatable bonds is 5. The van der Waals surface area contributed by atoms with Crippen molar-refractivity contribution in [1.29, 1.82) is 0 Å². The van der Waals surface area contributed by atoms with Crippen LogP contribution in [0.5, 0.6) is 0 Å². The van der Waals surface area contributed by atoms with Crippen LogP contribution in [0.4, 0.5) is 4.39 Å². The van der Waals surface area contributed by atoms with E-state index in [4.69, 9.17) is 21.7 Å². The molecule has 22 heavy (non-hydrogen) atoms. The average molecular weight is 324 g/mol. The van der Waals surface area contributed by atoms with Crippen LogP contribution in [0.2, 0.25) is 0 Å². The Hall–Kier alpha value is -1.99. The van der Waals surface area contributed by atoms with Crippen molar-refractivity contribution in [3.63, 3.8) is 0 Å². The van der Waals surface area contributed by atoms with E-state index in [0.717, 1.165) is 0 Å². The number of allylic oxidation sites excluding steroid dienone is 1. The van der Waals surface area contributed by atoms with Gasteiger partial charge in [0.2, 0.25) is 0 Å². The molecule has 0 spiro atoms. The molecule has 1 aliphatic heterocycles. The predicted molar refractivity (Wildman–Crippen MR) is 83.5 cm³/mol. The minimum Gasteiger partial charge on any atom is -0.460 e. The second-order valence-electron chi connectivity index (χ2n) is 4.75. The van der Waals surface area contributed by atoms with Gasteiger partial charge in [-0.05, 0) is 36.8 Å². The summed E-state index contributed by atoms with van der Waals surface area (Å²) in [5.74, 6) is -0.875. The monoisotopic (exact) mass is 324 g/mol. The highest BCUT2D eigenvalue weighted by Crippen LogP contribution is 2.27. The fraction of sp³-hybridized carbons (Fsp3) is 0.333. The highest BCUT2D eigenvalue weighted by atomic mass is 32.1. The lowest BCUT2D eigenvalue weighted by molar-refractivity contribution is -0.140. The quantitative estimate of drug-likeness (QED) is 0.489. The van der Waals surface area contributed by atoms with Crippen LogP contribution in [0.1, 0.15) is 18.5 Å². The zero-order chi connectivity index (χ0) is 16.1. The van der Waals surface area contributed by atoms with Gasteiger partial charge in [0.15, 0.2) is 5.11 Å². The third-order valence-electron chi connectivity index (χ3n) is 3.19. The van der Waals surface area contributed by atoms with Crippen molar-refractivity contribution in [3.05, 3.63) is 46.9 Å². The van der Waals surface area contributed by atoms with Crippen LogP contribution in [-0.4, -0.2) is 31.4 Å². The van der Waals surface area contributed by atoms with Crippen LogP contribution in [-0.2, 0) is 14.3 Å². The molecule has 0 aromatic heterocycles. The van der Waals surface area contributed by atoms with E-state index in [-0.39, 0.29) is 12.4 Å². The summed E-state index contributed by atoms with van der Waals surface area (Å²) >= 11 is 5.12. The molecule has 7 heteroatoms. The molecule has 1 aromatic rings. The number of benzene rings is 1. The summed E-state index contributed by atoms with van der Waals surface area (Å²) in [7, 11) is 1.52. The highest BCUT2D eigenvalue weighted by molar-refractivity contribution is 7.80. The summed E-state index contributed by atoms with van der Waals surface area (Å²) in [5, 5.41) is 6.24. The molecular weight excluding hydrogens is 307 g/mol. The van der Waals surface area contributed by atoms with Gasteiger partial charge in [0.05, 0.1) is 18.2 Å². The fourth-order valence-corrected chi connectivity index (χ4v) is 2.47. The molecule has 118 valence electrons. The molecule has 0 saturated carbocycles. The molecule has 0 aliphatic carbocycles. The number of thiocarbonyl (C=S) groups is 1. The van der Waals surface area contributed by atoms with Gasteiger partial charge in [0.1, 0.15) is 12.4 Å². The lowest BCUT2D eigenvalue weighted by Crippen LogP contribution is -2.45. The Balaban J connectivity index is 2.30. The van der Waals surface area contributed by atoms with Crippen molar-refractivity contribution < 1.29 is 18.7 Å². The number of halogens is 1. The first-order chi connectivity index (χ1) is 10.5. The Kier molecular flexibility index (Phi) is 5.46. The summed E-state index contributed by atoms with van der Waals surface area (Å²) in [6.07, 6.45) is 0. The molecule has 1 unspecified atom stereocenters. The van der Waals surface area contributed by atoms with E-state index in [1.807, 2.05) is 0 Å². The molecule has 0 radical (unpaired) electrons. The van der Waals surface area contributed by atoms with Crippen molar-refractivity contribution in [2.24, 2.45) is 0 Å². The van der Waals surface area contributed by atoms with Crippen LogP contribution >= 0.6 is 12.2 Å². The summed E-state index contributed by atoms with van der Waals surface area (Å²) in [4.78, 5) is 12.3. The van der Waals surface area contributed by atoms with Gasteiger partial charge < -0.3 is 20.1 Å². The van der Waals surface area contributed by atoms with Gasteiger partial charge in [-0.15, -0.1) is 0 Å². The molecule has 1 aromatic carbocycles. The lowest BCUT2D eigenvalue weighted by Gasteiger charge is -2.29. The number of hydrogen-bond acceptors (Lipinski definition) is 4. The molecule has 2 N–H and O–H groups in total. The summed E-state index contributed by atoms with van der Waals surface area (Å²) in [6.45, 7) is 2.18. The van der Waals surface area contributed by atoms with Crippen LogP contribution in [0.3, 0.4) is 0 Å². The number of esters is 1. The topological polar surface area (TPSA) is 59.6 Å². The number of ether oxygens (including phenoxy) is 2. The second-order valence-corrected chi connectivity index (χ2v) is 5.16. The molecular formula is C15H17FN2O3S. The molecule has 0 bridgehead atoms. The molecule has 0 fully saturated rings. The Morgan fingerprint density at radius 2 is 2.18 bits per heavy atom. The van der Waals surface area contributed by atoms with Gasteiger partial charge in [0, 0.05) is 12.8 Å². The van der Waals surface area contributed by atoms with Gasteiger partial charge in [-0.1, -0.05) is 12.1 Å². The third kappa shape index (κ3) is 3.80. The van der Waals surface area contributed by atoms with E-state index < -0.39 is 12.0 Å². The van der Waals surface area contributed by atoms with E-state index in [1.165, 1.54) is 19.2 Å². The zero-order valence-electron chi connectivity index (χ0n) is 12.3. The molecule has 0 amide bonds. The first kappa shape index (κ1) is 16.4. The number of carbonyl (C=O) groups excluding carboxylic acids is 1. The van der Waals surface area contributed by atoms with Crippen molar-refractivity contribution in [1.82, 2.24) is 10.6 Å². The van der Waals surface area contributed by atoms with Gasteiger partial charge in [-0.3, -0.25) is 0 Å². The van der Waals surface area contributed by atoms with Gasteiger partial charge in [-0.2, -0.15) is 0 Å². The zero-order valence-corrected chi connectivity index (χ0v) is 13.1. The SMILES string of the molecule is COCCOC(=O)C1=C(C)NC(=S)NC1c1cccc(F)c1. The molecule has 1 atom stereocenters. The van der Waals surface area contributed by atoms with E-state index >= 15 is 0 Å². The van der Waals surface area contributed by atoms with Crippen LogP contribution in [0.25, 0.3) is 0 Å². The normalized spacial score (nSPS) is 17.8. The van der Waals surface area contributed by atoms with Crippen LogP contribution in [0, 0.1) is 5.82 Å². The first-order valence-electron chi connectivity index (χ1n) is 6.72. The Morgan fingerprint density at radius 1 is 1.41 bits per heavy atom. The van der Waals surface area contributed by atoms with Crippen molar-refractivity contribution in [2.75, 3.05) is 20.3 Å². The van der Waals surface area contributed by atoms with E-state index in [2.05, 4.69) is 10.6 Å². The van der Waals surface area contributed by atoms with Crippen LogP contribution < -0.4 is 10.6 Å². The number of nitrogens with one attached hydrogen (secondary N) is 2. The average Bonchev–Trinajstić information content (AvgIpc) is 2.46. The minimum atomic E-state index is -0.556. The maximum absolute atomic E-state index is 13.5. The maximum atomic E-state index is 13.5. The molecule has 2 rings (SSSR count). The van der Waals surface area contributed by atoms with Crippen LogP contribution in [0.15, 0.2) is 35.5 Å². The Morgan fingerprint density at radius 3 is 2.86 bits per heavy atom. The van der Waals surface area contributed by atoms with Gasteiger partial charge in [-0.25, -0.2) is 9.18 Å². The number of hydrogen-bond donors (Lipinski definition) is 2.